The first-order valence-electron chi connectivity index (χ1n) is 4.03. The predicted molar refractivity (Wildman–Crippen MR) is 70.6 cm³/mol. The van der Waals surface area contributed by atoms with Gasteiger partial charge in [-0.2, -0.15) is 0 Å². The Kier molecular flexibility index (Phi) is 3.85. The second-order valence-corrected chi connectivity index (χ2v) is 12.0. The van der Waals surface area contributed by atoms with Gasteiger partial charge in [0.2, 0.25) is 0 Å². The molecule has 0 aromatic rings. The number of alkyl halides is 4. The number of carboxylic acids is 1. The lowest BCUT2D eigenvalue weighted by Crippen LogP contribution is -2.22. The molecule has 2 nitrogen and oxygen atoms in total. The monoisotopic (exact) mass is 454 g/mol. The molecule has 0 aromatic carbocycles. The molecule has 0 aliphatic heterocycles. The Morgan fingerprint density at radius 2 is 1.86 bits per heavy atom. The second-order valence-electron chi connectivity index (χ2n) is 4.11. The van der Waals surface area contributed by atoms with Crippen LogP contribution in [0.15, 0.2) is 0 Å². The van der Waals surface area contributed by atoms with E-state index in [0.717, 1.165) is 0 Å². The molecular formula is C8H10Br4O2. The van der Waals surface area contributed by atoms with Crippen molar-refractivity contribution in [3.05, 3.63) is 0 Å². The van der Waals surface area contributed by atoms with Crippen molar-refractivity contribution in [1.29, 1.82) is 0 Å². The molecule has 2 unspecified atom stereocenters. The Hall–Kier alpha value is 1.39. The van der Waals surface area contributed by atoms with Gasteiger partial charge in [-0.1, -0.05) is 77.6 Å². The van der Waals surface area contributed by atoms with Crippen molar-refractivity contribution < 1.29 is 9.90 Å². The van der Waals surface area contributed by atoms with Crippen LogP contribution < -0.4 is 0 Å². The summed E-state index contributed by atoms with van der Waals surface area (Å²) in [6, 6.07) is 0. The number of hydrogen-bond acceptors (Lipinski definition) is 1. The van der Waals surface area contributed by atoms with Gasteiger partial charge in [0.15, 0.2) is 0 Å². The van der Waals surface area contributed by atoms with E-state index in [1.165, 1.54) is 0 Å². The summed E-state index contributed by atoms with van der Waals surface area (Å²) in [4.78, 5) is 11.0. The van der Waals surface area contributed by atoms with Crippen LogP contribution in [0.3, 0.4) is 0 Å². The van der Waals surface area contributed by atoms with Crippen molar-refractivity contribution in [2.45, 2.75) is 20.8 Å². The molecule has 0 amide bonds. The third-order valence-corrected chi connectivity index (χ3v) is 7.38. The Labute approximate surface area is 117 Å². The van der Waals surface area contributed by atoms with Crippen molar-refractivity contribution in [2.75, 3.05) is 0 Å². The van der Waals surface area contributed by atoms with E-state index in [0.29, 0.717) is 0 Å². The predicted octanol–water partition coefficient (Wildman–Crippen LogP) is 3.95. The summed E-state index contributed by atoms with van der Waals surface area (Å²) < 4.78 is -0.445. The molecular weight excluding hydrogens is 448 g/mol. The van der Waals surface area contributed by atoms with Crippen LogP contribution in [0.25, 0.3) is 0 Å². The fourth-order valence-corrected chi connectivity index (χ4v) is 3.74. The summed E-state index contributed by atoms with van der Waals surface area (Å²) in [7, 11) is 0. The molecule has 0 saturated heterocycles. The van der Waals surface area contributed by atoms with E-state index >= 15 is 0 Å². The highest BCUT2D eigenvalue weighted by molar-refractivity contribution is 9.40. The molecule has 0 bridgehead atoms. The van der Waals surface area contributed by atoms with E-state index in [2.05, 4.69) is 63.7 Å². The summed E-state index contributed by atoms with van der Waals surface area (Å²) in [5, 5.41) is 9.01. The molecule has 1 rings (SSSR count). The molecule has 6 heteroatoms. The first-order valence-corrected chi connectivity index (χ1v) is 7.33. The molecule has 0 spiro atoms. The number of halogens is 4. The van der Waals surface area contributed by atoms with Crippen molar-refractivity contribution in [3.8, 4) is 0 Å². The van der Waals surface area contributed by atoms with Crippen LogP contribution in [-0.4, -0.2) is 18.0 Å². The van der Waals surface area contributed by atoms with Gasteiger partial charge in [-0.15, -0.1) is 0 Å². The van der Waals surface area contributed by atoms with Crippen LogP contribution in [0.2, 0.25) is 0 Å². The SMILES string of the molecule is CC1(C)C(C(=O)O)C1[C@@H](Br)C(Br)(Br)Br. The minimum absolute atomic E-state index is 0.0195. The average molecular weight is 458 g/mol. The Bertz CT molecular complexity index is 259. The standard InChI is InChI=1S/C8H10Br4O2/c1-7(2)3(4(7)6(13)14)5(9)8(10,11)12/h3-5H,1-2H3,(H,13,14)/t3?,4?,5-/m1/s1. The minimum atomic E-state index is -0.721. The molecule has 0 heterocycles. The first-order chi connectivity index (χ1) is 6.10. The second kappa shape index (κ2) is 4.00. The van der Waals surface area contributed by atoms with Crippen LogP contribution in [0.4, 0.5) is 0 Å². The number of aliphatic carboxylic acids is 1. The third-order valence-electron chi connectivity index (χ3n) is 2.80. The van der Waals surface area contributed by atoms with E-state index in [4.69, 9.17) is 5.11 Å². The van der Waals surface area contributed by atoms with E-state index < -0.39 is 8.11 Å². The highest BCUT2D eigenvalue weighted by atomic mass is 80.0. The van der Waals surface area contributed by atoms with Crippen LogP contribution >= 0.6 is 63.7 Å². The van der Waals surface area contributed by atoms with Gasteiger partial charge in [-0.05, 0) is 11.3 Å². The molecule has 0 radical (unpaired) electrons. The topological polar surface area (TPSA) is 37.3 Å². The third kappa shape index (κ3) is 2.38. The first kappa shape index (κ1) is 13.5. The van der Waals surface area contributed by atoms with Crippen molar-refractivity contribution >= 4 is 69.7 Å². The van der Waals surface area contributed by atoms with Crippen LogP contribution in [0.1, 0.15) is 13.8 Å². The molecule has 1 fully saturated rings. The van der Waals surface area contributed by atoms with Gasteiger partial charge < -0.3 is 5.11 Å². The lowest BCUT2D eigenvalue weighted by atomic mass is 10.1. The molecule has 0 aromatic heterocycles. The smallest absolute Gasteiger partial charge is 0.307 e. The van der Waals surface area contributed by atoms with Gasteiger partial charge in [0.05, 0.1) is 10.7 Å². The number of carbonyl (C=O) groups is 1. The van der Waals surface area contributed by atoms with Crippen molar-refractivity contribution in [1.82, 2.24) is 0 Å². The summed E-state index contributed by atoms with van der Waals surface area (Å²) in [6.45, 7) is 3.95. The molecule has 82 valence electrons. The fraction of sp³-hybridized carbons (Fsp3) is 0.875. The maximum absolute atomic E-state index is 11.0. The van der Waals surface area contributed by atoms with E-state index in [1.807, 2.05) is 13.8 Å². The number of rotatable bonds is 2. The van der Waals surface area contributed by atoms with Crippen LogP contribution in [0.5, 0.6) is 0 Å². The Balaban J connectivity index is 2.79. The van der Waals surface area contributed by atoms with Gasteiger partial charge in [-0.25, -0.2) is 0 Å². The van der Waals surface area contributed by atoms with E-state index in [1.54, 1.807) is 0 Å². The van der Waals surface area contributed by atoms with Crippen LogP contribution in [0, 0.1) is 17.3 Å². The maximum Gasteiger partial charge on any atom is 0.307 e. The zero-order valence-electron chi connectivity index (χ0n) is 7.60. The zero-order valence-corrected chi connectivity index (χ0v) is 13.9. The molecule has 1 aliphatic carbocycles. The fourth-order valence-electron chi connectivity index (χ4n) is 1.90. The van der Waals surface area contributed by atoms with Gasteiger partial charge in [0.1, 0.15) is 2.14 Å². The Morgan fingerprint density at radius 1 is 1.43 bits per heavy atom. The van der Waals surface area contributed by atoms with E-state index in [9.17, 15) is 4.79 Å². The summed E-state index contributed by atoms with van der Waals surface area (Å²) in [5.41, 5.74) is -0.152. The quantitative estimate of drug-likeness (QED) is 0.638. The molecule has 1 aliphatic rings. The van der Waals surface area contributed by atoms with Gasteiger partial charge >= 0.3 is 5.97 Å². The summed E-state index contributed by atoms with van der Waals surface area (Å²) in [6.07, 6.45) is 0. The lowest BCUT2D eigenvalue weighted by Gasteiger charge is -2.20. The van der Waals surface area contributed by atoms with Gasteiger partial charge in [-0.3, -0.25) is 4.79 Å². The summed E-state index contributed by atoms with van der Waals surface area (Å²) >= 11 is 13.7. The lowest BCUT2D eigenvalue weighted by molar-refractivity contribution is -0.139. The van der Waals surface area contributed by atoms with Crippen molar-refractivity contribution in [3.63, 3.8) is 0 Å². The maximum atomic E-state index is 11.0. The van der Waals surface area contributed by atoms with Crippen LogP contribution in [-0.2, 0) is 4.79 Å². The molecule has 3 atom stereocenters. The normalized spacial score (nSPS) is 32.4. The molecule has 1 N–H and O–H groups in total. The Morgan fingerprint density at radius 3 is 2.07 bits per heavy atom. The largest absolute Gasteiger partial charge is 0.481 e. The average Bonchev–Trinajstić information content (AvgIpc) is 2.49. The number of carboxylic acid groups (broad SMARTS) is 1. The highest BCUT2D eigenvalue weighted by Gasteiger charge is 2.66. The molecule has 1 saturated carbocycles. The van der Waals surface area contributed by atoms with Gasteiger partial charge in [0.25, 0.3) is 0 Å². The molecule has 14 heavy (non-hydrogen) atoms. The summed E-state index contributed by atoms with van der Waals surface area (Å²) in [5.74, 6) is -0.891. The van der Waals surface area contributed by atoms with E-state index in [-0.39, 0.29) is 22.1 Å². The number of hydrogen-bond donors (Lipinski definition) is 1. The van der Waals surface area contributed by atoms with Crippen molar-refractivity contribution in [2.24, 2.45) is 17.3 Å². The van der Waals surface area contributed by atoms with Gasteiger partial charge in [0, 0.05) is 0 Å². The minimum Gasteiger partial charge on any atom is -0.481 e. The highest BCUT2D eigenvalue weighted by Crippen LogP contribution is 2.65. The zero-order chi connectivity index (χ0) is 11.3.